The lowest BCUT2D eigenvalue weighted by molar-refractivity contribution is 0.452. The molecule has 1 heterocycles. The van der Waals surface area contributed by atoms with Gasteiger partial charge >= 0.3 is 0 Å². The SMILES string of the molecule is CC(C)c1coc(C(C)C)c1F. The van der Waals surface area contributed by atoms with Gasteiger partial charge in [0.1, 0.15) is 5.76 Å². The third kappa shape index (κ3) is 1.52. The van der Waals surface area contributed by atoms with E-state index in [1.807, 2.05) is 27.7 Å². The van der Waals surface area contributed by atoms with E-state index >= 15 is 0 Å². The molecule has 0 unspecified atom stereocenters. The number of rotatable bonds is 2. The van der Waals surface area contributed by atoms with Crippen molar-refractivity contribution in [1.82, 2.24) is 0 Å². The first kappa shape index (κ1) is 9.30. The third-order valence-electron chi connectivity index (χ3n) is 1.93. The highest BCUT2D eigenvalue weighted by Gasteiger charge is 2.17. The van der Waals surface area contributed by atoms with Crippen molar-refractivity contribution in [2.45, 2.75) is 39.5 Å². The van der Waals surface area contributed by atoms with Crippen LogP contribution in [0.25, 0.3) is 0 Å². The Balaban J connectivity index is 3.04. The molecule has 0 atom stereocenters. The lowest BCUT2D eigenvalue weighted by Crippen LogP contribution is -1.92. The summed E-state index contributed by atoms with van der Waals surface area (Å²) in [6.45, 7) is 7.76. The zero-order chi connectivity index (χ0) is 9.30. The van der Waals surface area contributed by atoms with Gasteiger partial charge in [0, 0.05) is 11.5 Å². The first-order valence-corrected chi connectivity index (χ1v) is 4.30. The Labute approximate surface area is 72.6 Å². The third-order valence-corrected chi connectivity index (χ3v) is 1.93. The lowest BCUT2D eigenvalue weighted by atomic mass is 10.0. The van der Waals surface area contributed by atoms with Gasteiger partial charge in [-0.2, -0.15) is 0 Å². The van der Waals surface area contributed by atoms with Crippen molar-refractivity contribution in [2.75, 3.05) is 0 Å². The van der Waals surface area contributed by atoms with E-state index in [-0.39, 0.29) is 17.7 Å². The molecule has 2 heteroatoms. The Morgan fingerprint density at radius 3 is 2.00 bits per heavy atom. The molecule has 0 N–H and O–H groups in total. The second-order valence-corrected chi connectivity index (χ2v) is 3.68. The maximum Gasteiger partial charge on any atom is 0.168 e. The van der Waals surface area contributed by atoms with Crippen LogP contribution in [0.3, 0.4) is 0 Å². The molecule has 1 aromatic rings. The van der Waals surface area contributed by atoms with Crippen molar-refractivity contribution in [3.05, 3.63) is 23.4 Å². The average molecular weight is 170 g/mol. The first-order valence-electron chi connectivity index (χ1n) is 4.30. The molecule has 0 saturated heterocycles. The number of halogens is 1. The minimum absolute atomic E-state index is 0.123. The Kier molecular flexibility index (Phi) is 2.55. The van der Waals surface area contributed by atoms with Gasteiger partial charge in [0.05, 0.1) is 6.26 Å². The maximum absolute atomic E-state index is 13.4. The number of hydrogen-bond acceptors (Lipinski definition) is 1. The monoisotopic (exact) mass is 170 g/mol. The van der Waals surface area contributed by atoms with Gasteiger partial charge in [-0.3, -0.25) is 0 Å². The van der Waals surface area contributed by atoms with E-state index in [0.717, 1.165) is 0 Å². The molecular formula is C10H15FO. The molecule has 0 saturated carbocycles. The van der Waals surface area contributed by atoms with Gasteiger partial charge < -0.3 is 4.42 Å². The van der Waals surface area contributed by atoms with Gasteiger partial charge in [-0.05, 0) is 5.92 Å². The quantitative estimate of drug-likeness (QED) is 0.660. The van der Waals surface area contributed by atoms with Gasteiger partial charge in [0.15, 0.2) is 5.82 Å². The Morgan fingerprint density at radius 2 is 1.75 bits per heavy atom. The van der Waals surface area contributed by atoms with Crippen LogP contribution in [0, 0.1) is 5.82 Å². The molecule has 12 heavy (non-hydrogen) atoms. The molecule has 0 bridgehead atoms. The summed E-state index contributed by atoms with van der Waals surface area (Å²) < 4.78 is 18.6. The highest BCUT2D eigenvalue weighted by Crippen LogP contribution is 2.27. The van der Waals surface area contributed by atoms with Gasteiger partial charge in [-0.25, -0.2) is 4.39 Å². The largest absolute Gasteiger partial charge is 0.466 e. The van der Waals surface area contributed by atoms with E-state index in [4.69, 9.17) is 4.42 Å². The lowest BCUT2D eigenvalue weighted by Gasteiger charge is -2.01. The molecule has 68 valence electrons. The van der Waals surface area contributed by atoms with E-state index in [9.17, 15) is 4.39 Å². The molecule has 0 fully saturated rings. The number of hydrogen-bond donors (Lipinski definition) is 0. The van der Waals surface area contributed by atoms with Crippen LogP contribution in [-0.4, -0.2) is 0 Å². The molecule has 0 aliphatic rings. The van der Waals surface area contributed by atoms with Crippen molar-refractivity contribution in [1.29, 1.82) is 0 Å². The van der Waals surface area contributed by atoms with E-state index in [1.54, 1.807) is 0 Å². The van der Waals surface area contributed by atoms with E-state index < -0.39 is 0 Å². The Hall–Kier alpha value is -0.790. The van der Waals surface area contributed by atoms with E-state index in [0.29, 0.717) is 11.3 Å². The second kappa shape index (κ2) is 3.30. The predicted molar refractivity (Wildman–Crippen MR) is 46.8 cm³/mol. The van der Waals surface area contributed by atoms with Crippen molar-refractivity contribution in [3.8, 4) is 0 Å². The summed E-state index contributed by atoms with van der Waals surface area (Å²) in [4.78, 5) is 0. The van der Waals surface area contributed by atoms with Crippen LogP contribution in [0.4, 0.5) is 4.39 Å². The number of furan rings is 1. The van der Waals surface area contributed by atoms with Crippen LogP contribution in [0.2, 0.25) is 0 Å². The summed E-state index contributed by atoms with van der Waals surface area (Å²) in [5.41, 5.74) is 0.679. The van der Waals surface area contributed by atoms with Crippen molar-refractivity contribution in [3.63, 3.8) is 0 Å². The van der Waals surface area contributed by atoms with Crippen LogP contribution in [0.1, 0.15) is 50.9 Å². The standard InChI is InChI=1S/C10H15FO/c1-6(2)8-5-12-10(7(3)4)9(8)11/h5-7H,1-4H3. The van der Waals surface area contributed by atoms with Crippen LogP contribution in [-0.2, 0) is 0 Å². The van der Waals surface area contributed by atoms with Gasteiger partial charge in [0.25, 0.3) is 0 Å². The topological polar surface area (TPSA) is 13.1 Å². The maximum atomic E-state index is 13.4. The van der Waals surface area contributed by atoms with E-state index in [2.05, 4.69) is 0 Å². The average Bonchev–Trinajstić information content (AvgIpc) is 2.30. The highest BCUT2D eigenvalue weighted by atomic mass is 19.1. The fraction of sp³-hybridized carbons (Fsp3) is 0.600. The van der Waals surface area contributed by atoms with Crippen molar-refractivity contribution in [2.24, 2.45) is 0 Å². The van der Waals surface area contributed by atoms with Crippen LogP contribution in [0.15, 0.2) is 10.7 Å². The van der Waals surface area contributed by atoms with Gasteiger partial charge in [-0.1, -0.05) is 27.7 Å². The summed E-state index contributed by atoms with van der Waals surface area (Å²) >= 11 is 0. The smallest absolute Gasteiger partial charge is 0.168 e. The molecule has 1 aromatic heterocycles. The van der Waals surface area contributed by atoms with Crippen LogP contribution >= 0.6 is 0 Å². The summed E-state index contributed by atoms with van der Waals surface area (Å²) in [7, 11) is 0. The molecular weight excluding hydrogens is 155 g/mol. The Morgan fingerprint density at radius 1 is 1.17 bits per heavy atom. The zero-order valence-corrected chi connectivity index (χ0v) is 8.02. The highest BCUT2D eigenvalue weighted by molar-refractivity contribution is 5.21. The fourth-order valence-corrected chi connectivity index (χ4v) is 1.15. The zero-order valence-electron chi connectivity index (χ0n) is 8.02. The molecule has 0 radical (unpaired) electrons. The predicted octanol–water partition coefficient (Wildman–Crippen LogP) is 3.67. The molecule has 0 aliphatic heterocycles. The fourth-order valence-electron chi connectivity index (χ4n) is 1.15. The van der Waals surface area contributed by atoms with Gasteiger partial charge in [-0.15, -0.1) is 0 Å². The molecule has 0 aromatic carbocycles. The summed E-state index contributed by atoms with van der Waals surface area (Å²) in [5, 5.41) is 0. The molecule has 0 aliphatic carbocycles. The summed E-state index contributed by atoms with van der Waals surface area (Å²) in [6.07, 6.45) is 1.52. The first-order chi connectivity index (χ1) is 5.54. The normalized spacial score (nSPS) is 11.6. The summed E-state index contributed by atoms with van der Waals surface area (Å²) in [6, 6.07) is 0. The minimum Gasteiger partial charge on any atom is -0.466 e. The minimum atomic E-state index is -0.167. The van der Waals surface area contributed by atoms with Crippen molar-refractivity contribution >= 4 is 0 Å². The van der Waals surface area contributed by atoms with Crippen molar-refractivity contribution < 1.29 is 8.81 Å². The van der Waals surface area contributed by atoms with E-state index in [1.165, 1.54) is 6.26 Å². The molecule has 0 spiro atoms. The second-order valence-electron chi connectivity index (χ2n) is 3.68. The molecule has 1 rings (SSSR count). The molecule has 0 amide bonds. The van der Waals surface area contributed by atoms with Crippen LogP contribution < -0.4 is 0 Å². The van der Waals surface area contributed by atoms with Crippen LogP contribution in [0.5, 0.6) is 0 Å². The summed E-state index contributed by atoms with van der Waals surface area (Å²) in [5.74, 6) is 0.623. The Bertz CT molecular complexity index is 235. The molecule has 1 nitrogen and oxygen atoms in total. The van der Waals surface area contributed by atoms with Gasteiger partial charge in [0.2, 0.25) is 0 Å².